The molecule has 18 heavy (non-hydrogen) atoms. The van der Waals surface area contributed by atoms with Crippen molar-refractivity contribution >= 4 is 11.6 Å². The second kappa shape index (κ2) is 6.91. The molecule has 0 fully saturated rings. The Morgan fingerprint density at radius 3 is 1.67 bits per heavy atom. The maximum absolute atomic E-state index is 12.1. The van der Waals surface area contributed by atoms with Crippen molar-refractivity contribution in [1.29, 1.82) is 0 Å². The first kappa shape index (κ1) is 17.1. The second-order valence-electron chi connectivity index (χ2n) is 5.67. The lowest BCUT2D eigenvalue weighted by molar-refractivity contribution is -0.130. The van der Waals surface area contributed by atoms with Crippen molar-refractivity contribution in [3.63, 3.8) is 0 Å². The minimum Gasteiger partial charge on any atom is -0.273 e. The van der Waals surface area contributed by atoms with Gasteiger partial charge in [-0.15, -0.1) is 0 Å². The number of rotatable bonds is 7. The summed E-state index contributed by atoms with van der Waals surface area (Å²) >= 11 is 0. The number of amides is 1. The van der Waals surface area contributed by atoms with Crippen molar-refractivity contribution in [3.8, 4) is 0 Å². The molecule has 0 unspecified atom stereocenters. The fraction of sp³-hybridized carbons (Fsp3) is 0.867. The van der Waals surface area contributed by atoms with Gasteiger partial charge in [-0.25, -0.2) is 5.43 Å². The van der Waals surface area contributed by atoms with E-state index in [1.807, 2.05) is 27.7 Å². The van der Waals surface area contributed by atoms with Crippen molar-refractivity contribution in [2.24, 2.45) is 15.9 Å². The van der Waals surface area contributed by atoms with Crippen molar-refractivity contribution in [2.75, 3.05) is 0 Å². The van der Waals surface area contributed by atoms with Gasteiger partial charge in [0.1, 0.15) is 0 Å². The normalized spacial score (nSPS) is 13.6. The molecule has 3 heteroatoms. The highest BCUT2D eigenvalue weighted by molar-refractivity contribution is 5.89. The Kier molecular flexibility index (Phi) is 6.58. The van der Waals surface area contributed by atoms with Crippen LogP contribution in [0.3, 0.4) is 0 Å². The summed E-state index contributed by atoms with van der Waals surface area (Å²) in [5.41, 5.74) is 3.54. The molecule has 0 aliphatic heterocycles. The Morgan fingerprint density at radius 1 is 0.944 bits per heavy atom. The topological polar surface area (TPSA) is 41.5 Å². The fourth-order valence-corrected chi connectivity index (χ4v) is 1.74. The van der Waals surface area contributed by atoms with Gasteiger partial charge in [0.05, 0.1) is 0 Å². The minimum atomic E-state index is -0.307. The summed E-state index contributed by atoms with van der Waals surface area (Å²) in [6, 6.07) is 0. The molecule has 0 aliphatic rings. The number of carbonyl (C=O) groups excluding carboxylic acids is 1. The van der Waals surface area contributed by atoms with Crippen LogP contribution in [0.25, 0.3) is 0 Å². The summed E-state index contributed by atoms with van der Waals surface area (Å²) in [5, 5.41) is 4.32. The van der Waals surface area contributed by atoms with Crippen molar-refractivity contribution in [1.82, 2.24) is 5.43 Å². The Labute approximate surface area is 112 Å². The van der Waals surface area contributed by atoms with Gasteiger partial charge in [0.15, 0.2) is 0 Å². The smallest absolute Gasteiger partial charge is 0.245 e. The average Bonchev–Trinajstić information content (AvgIpc) is 2.42. The Balaban J connectivity index is 4.79. The molecule has 0 atom stereocenters. The van der Waals surface area contributed by atoms with Crippen LogP contribution in [0.1, 0.15) is 74.1 Å². The van der Waals surface area contributed by atoms with E-state index < -0.39 is 0 Å². The van der Waals surface area contributed by atoms with E-state index in [1.165, 1.54) is 0 Å². The van der Waals surface area contributed by atoms with Crippen molar-refractivity contribution in [3.05, 3.63) is 0 Å². The minimum absolute atomic E-state index is 0.0291. The quantitative estimate of drug-likeness (QED) is 0.538. The zero-order valence-corrected chi connectivity index (χ0v) is 13.2. The van der Waals surface area contributed by atoms with Gasteiger partial charge in [-0.05, 0) is 32.6 Å². The van der Waals surface area contributed by atoms with E-state index in [0.717, 1.165) is 31.4 Å². The lowest BCUT2D eigenvalue weighted by Gasteiger charge is -2.28. The highest BCUT2D eigenvalue weighted by Crippen LogP contribution is 2.28. The molecule has 0 aromatic rings. The summed E-state index contributed by atoms with van der Waals surface area (Å²) in [6.07, 6.45) is 3.74. The zero-order chi connectivity index (χ0) is 14.4. The van der Waals surface area contributed by atoms with Gasteiger partial charge >= 0.3 is 0 Å². The molecule has 0 aromatic carbocycles. The molecule has 1 N–H and O–H groups in total. The van der Waals surface area contributed by atoms with Crippen LogP contribution < -0.4 is 5.43 Å². The van der Waals surface area contributed by atoms with E-state index in [4.69, 9.17) is 0 Å². The van der Waals surface area contributed by atoms with E-state index in [9.17, 15) is 4.79 Å². The van der Waals surface area contributed by atoms with E-state index in [-0.39, 0.29) is 16.7 Å². The van der Waals surface area contributed by atoms with Gasteiger partial charge in [-0.1, -0.05) is 41.5 Å². The summed E-state index contributed by atoms with van der Waals surface area (Å²) in [7, 11) is 0. The van der Waals surface area contributed by atoms with Crippen LogP contribution in [0.4, 0.5) is 0 Å². The van der Waals surface area contributed by atoms with Crippen LogP contribution in [0.5, 0.6) is 0 Å². The number of nitrogens with zero attached hydrogens (tertiary/aromatic N) is 1. The number of hydrazone groups is 1. The molecule has 0 spiro atoms. The molecule has 0 radical (unpaired) electrons. The largest absolute Gasteiger partial charge is 0.273 e. The summed E-state index contributed by atoms with van der Waals surface area (Å²) in [4.78, 5) is 12.1. The van der Waals surface area contributed by atoms with Gasteiger partial charge in [-0.2, -0.15) is 5.10 Å². The van der Waals surface area contributed by atoms with E-state index in [1.54, 1.807) is 0 Å². The van der Waals surface area contributed by atoms with Gasteiger partial charge in [0.25, 0.3) is 0 Å². The Bertz CT molecular complexity index is 300. The lowest BCUT2D eigenvalue weighted by Crippen LogP contribution is -2.37. The molecule has 0 saturated carbocycles. The van der Waals surface area contributed by atoms with Gasteiger partial charge < -0.3 is 0 Å². The van der Waals surface area contributed by atoms with Crippen LogP contribution in [-0.4, -0.2) is 11.6 Å². The third kappa shape index (κ3) is 3.82. The van der Waals surface area contributed by atoms with Crippen LogP contribution in [-0.2, 0) is 4.79 Å². The van der Waals surface area contributed by atoms with Crippen LogP contribution in [0.15, 0.2) is 5.10 Å². The van der Waals surface area contributed by atoms with Crippen LogP contribution >= 0.6 is 0 Å². The second-order valence-corrected chi connectivity index (χ2v) is 5.67. The highest BCUT2D eigenvalue weighted by atomic mass is 16.2. The Hall–Kier alpha value is -0.860. The first-order valence-electron chi connectivity index (χ1n) is 7.14. The molecule has 1 amide bonds. The van der Waals surface area contributed by atoms with Crippen LogP contribution in [0.2, 0.25) is 0 Å². The summed E-state index contributed by atoms with van der Waals surface area (Å²) < 4.78 is 0. The molecule has 0 aromatic heterocycles. The van der Waals surface area contributed by atoms with Gasteiger partial charge in [0, 0.05) is 16.5 Å². The molecule has 0 bridgehead atoms. The predicted octanol–water partition coefficient (Wildman–Crippen LogP) is 4.13. The number of carbonyl (C=O) groups is 1. The fourth-order valence-electron chi connectivity index (χ4n) is 1.74. The standard InChI is InChI=1S/C15H30N2O/c1-8-14(6,9-2)12(5)16-17-13(18)15(7,10-3)11-4/h8-11H2,1-7H3,(H,17,18)/b16-12+. The molecular weight excluding hydrogens is 224 g/mol. The van der Waals surface area contributed by atoms with Gasteiger partial charge in [-0.3, -0.25) is 4.79 Å². The lowest BCUT2D eigenvalue weighted by atomic mass is 9.80. The zero-order valence-electron chi connectivity index (χ0n) is 13.2. The molecule has 106 valence electrons. The predicted molar refractivity (Wildman–Crippen MR) is 78.6 cm³/mol. The SMILES string of the molecule is CCC(C)(CC)C(=O)N/N=C(\C)C(C)(CC)CC. The number of hydrogen-bond donors (Lipinski definition) is 1. The van der Waals surface area contributed by atoms with Crippen molar-refractivity contribution < 1.29 is 4.79 Å². The van der Waals surface area contributed by atoms with Gasteiger partial charge in [0.2, 0.25) is 5.91 Å². The maximum Gasteiger partial charge on any atom is 0.245 e. The average molecular weight is 254 g/mol. The van der Waals surface area contributed by atoms with E-state index >= 15 is 0 Å². The molecule has 0 saturated heterocycles. The monoisotopic (exact) mass is 254 g/mol. The molecule has 0 heterocycles. The first-order valence-corrected chi connectivity index (χ1v) is 7.14. The molecule has 3 nitrogen and oxygen atoms in total. The number of nitrogens with one attached hydrogen (secondary N) is 1. The third-order valence-electron chi connectivity index (χ3n) is 4.87. The number of hydrogen-bond acceptors (Lipinski definition) is 2. The summed E-state index contributed by atoms with van der Waals surface area (Å²) in [6.45, 7) is 14.6. The van der Waals surface area contributed by atoms with E-state index in [2.05, 4.69) is 31.3 Å². The van der Waals surface area contributed by atoms with E-state index in [0.29, 0.717) is 0 Å². The van der Waals surface area contributed by atoms with Crippen LogP contribution in [0, 0.1) is 10.8 Å². The first-order chi connectivity index (χ1) is 8.29. The molecule has 0 rings (SSSR count). The van der Waals surface area contributed by atoms with Crippen molar-refractivity contribution in [2.45, 2.75) is 74.1 Å². The molecular formula is C15H30N2O. The third-order valence-corrected chi connectivity index (χ3v) is 4.87. The highest BCUT2D eigenvalue weighted by Gasteiger charge is 2.29. The molecule has 0 aliphatic carbocycles. The Morgan fingerprint density at radius 2 is 1.33 bits per heavy atom. The maximum atomic E-state index is 12.1. The summed E-state index contributed by atoms with van der Waals surface area (Å²) in [5.74, 6) is 0.0291.